The summed E-state index contributed by atoms with van der Waals surface area (Å²) in [6.45, 7) is 11.1. The zero-order valence-corrected chi connectivity index (χ0v) is 25.8. The summed E-state index contributed by atoms with van der Waals surface area (Å²) in [5.41, 5.74) is 3.66. The summed E-state index contributed by atoms with van der Waals surface area (Å²) < 4.78 is 35.5. The highest BCUT2D eigenvalue weighted by Gasteiger charge is 2.44. The van der Waals surface area contributed by atoms with E-state index in [1.54, 1.807) is 21.1 Å². The molecule has 0 spiro atoms. The number of methoxy groups -OCH3 is 2. The van der Waals surface area contributed by atoms with E-state index >= 15 is 0 Å². The van der Waals surface area contributed by atoms with Crippen molar-refractivity contribution in [1.82, 2.24) is 5.32 Å². The molecule has 1 saturated heterocycles. The van der Waals surface area contributed by atoms with Crippen LogP contribution in [-0.4, -0.2) is 90.7 Å². The topological polar surface area (TPSA) is 90.9 Å². The number of rotatable bonds is 17. The third kappa shape index (κ3) is 8.89. The fourth-order valence-electron chi connectivity index (χ4n) is 5.71. The third-order valence-electron chi connectivity index (χ3n) is 7.88. The lowest BCUT2D eigenvalue weighted by molar-refractivity contribution is -0.180. The second kappa shape index (κ2) is 16.6. The predicted molar refractivity (Wildman–Crippen MR) is 163 cm³/mol. The summed E-state index contributed by atoms with van der Waals surface area (Å²) >= 11 is 0. The standard InChI is InChI=1S/C33H50N2O7/c1-25(20-38-4)21-39-23-27-6-9-29(10-7-27)33(42-22-26(2)36)12-13-34-19-32(33)41-24-28-8-11-31-30(18-28)35(15-17-40-31)14-5-16-37-3/h6-11,18,25-26,32,34,36H,5,12-17,19-24H2,1-4H3/t25-,26-,32-,33-/m0/s1. The first-order chi connectivity index (χ1) is 20.4. The molecule has 9 heteroatoms. The summed E-state index contributed by atoms with van der Waals surface area (Å²) in [6.07, 6.45) is 0.877. The molecule has 234 valence electrons. The number of piperidine rings is 1. The largest absolute Gasteiger partial charge is 0.490 e. The van der Waals surface area contributed by atoms with Crippen LogP contribution < -0.4 is 15.0 Å². The van der Waals surface area contributed by atoms with Crippen molar-refractivity contribution in [2.45, 2.75) is 57.7 Å². The van der Waals surface area contributed by atoms with Gasteiger partial charge in [0.1, 0.15) is 24.1 Å². The smallest absolute Gasteiger partial charge is 0.142 e. The number of ether oxygens (including phenoxy) is 6. The number of anilines is 1. The van der Waals surface area contributed by atoms with Gasteiger partial charge in [-0.25, -0.2) is 0 Å². The molecule has 0 unspecified atom stereocenters. The molecular formula is C33H50N2O7. The molecule has 2 aromatic carbocycles. The minimum atomic E-state index is -0.682. The first-order valence-electron chi connectivity index (χ1n) is 15.2. The molecule has 2 N–H and O–H groups in total. The Balaban J connectivity index is 1.47. The lowest BCUT2D eigenvalue weighted by Gasteiger charge is -2.44. The molecule has 2 heterocycles. The fourth-order valence-corrected chi connectivity index (χ4v) is 5.71. The molecule has 0 aliphatic carbocycles. The molecule has 2 aliphatic heterocycles. The Morgan fingerprint density at radius 3 is 2.60 bits per heavy atom. The molecule has 1 fully saturated rings. The zero-order valence-electron chi connectivity index (χ0n) is 25.8. The first kappa shape index (κ1) is 32.7. The van der Waals surface area contributed by atoms with Crippen LogP contribution in [0.15, 0.2) is 42.5 Å². The van der Waals surface area contributed by atoms with E-state index in [1.807, 2.05) is 6.07 Å². The van der Waals surface area contributed by atoms with Crippen molar-refractivity contribution in [3.63, 3.8) is 0 Å². The van der Waals surface area contributed by atoms with Crippen LogP contribution >= 0.6 is 0 Å². The van der Waals surface area contributed by atoms with E-state index in [4.69, 9.17) is 28.4 Å². The highest BCUT2D eigenvalue weighted by molar-refractivity contribution is 5.61. The van der Waals surface area contributed by atoms with Gasteiger partial charge >= 0.3 is 0 Å². The lowest BCUT2D eigenvalue weighted by Crippen LogP contribution is -2.55. The van der Waals surface area contributed by atoms with Crippen molar-refractivity contribution in [3.8, 4) is 5.75 Å². The quantitative estimate of drug-likeness (QED) is 0.268. The lowest BCUT2D eigenvalue weighted by atomic mass is 9.81. The Hall–Kier alpha value is -2.24. The number of fused-ring (bicyclic) bond motifs is 1. The Morgan fingerprint density at radius 1 is 1.02 bits per heavy atom. The van der Waals surface area contributed by atoms with Crippen LogP contribution in [0.2, 0.25) is 0 Å². The molecule has 0 aromatic heterocycles. The van der Waals surface area contributed by atoms with Crippen molar-refractivity contribution >= 4 is 5.69 Å². The maximum Gasteiger partial charge on any atom is 0.142 e. The van der Waals surface area contributed by atoms with Gasteiger partial charge in [-0.15, -0.1) is 0 Å². The van der Waals surface area contributed by atoms with Gasteiger partial charge in [-0.3, -0.25) is 0 Å². The summed E-state index contributed by atoms with van der Waals surface area (Å²) in [6, 6.07) is 14.7. The van der Waals surface area contributed by atoms with Gasteiger partial charge in [0.15, 0.2) is 0 Å². The highest BCUT2D eigenvalue weighted by atomic mass is 16.6. The molecule has 42 heavy (non-hydrogen) atoms. The number of hydrogen-bond acceptors (Lipinski definition) is 9. The minimum absolute atomic E-state index is 0.231. The number of hydrogen-bond donors (Lipinski definition) is 2. The van der Waals surface area contributed by atoms with Gasteiger partial charge in [-0.1, -0.05) is 37.3 Å². The first-order valence-corrected chi connectivity index (χ1v) is 15.2. The van der Waals surface area contributed by atoms with Crippen molar-refractivity contribution in [2.75, 3.05) is 78.3 Å². The number of benzene rings is 2. The number of aliphatic hydroxyl groups excluding tert-OH is 1. The van der Waals surface area contributed by atoms with E-state index in [0.29, 0.717) is 45.5 Å². The Bertz CT molecular complexity index is 1070. The third-order valence-corrected chi connectivity index (χ3v) is 7.88. The average Bonchev–Trinajstić information content (AvgIpc) is 3.00. The molecule has 4 rings (SSSR count). The molecule has 0 radical (unpaired) electrons. The van der Waals surface area contributed by atoms with Gasteiger partial charge in [0.2, 0.25) is 0 Å². The normalized spacial score (nSPS) is 21.9. The average molecular weight is 587 g/mol. The highest BCUT2D eigenvalue weighted by Crippen LogP contribution is 2.38. The zero-order chi connectivity index (χ0) is 29.8. The summed E-state index contributed by atoms with van der Waals surface area (Å²) in [5.74, 6) is 1.26. The molecule has 0 amide bonds. The minimum Gasteiger partial charge on any atom is -0.490 e. The number of nitrogens with zero attached hydrogens (tertiary/aromatic N) is 1. The molecule has 4 atom stereocenters. The predicted octanol–water partition coefficient (Wildman–Crippen LogP) is 3.89. The van der Waals surface area contributed by atoms with Gasteiger partial charge in [-0.2, -0.15) is 0 Å². The molecule has 2 aliphatic rings. The molecule has 2 aromatic rings. The van der Waals surface area contributed by atoms with E-state index in [1.165, 1.54) is 0 Å². The second-order valence-corrected chi connectivity index (χ2v) is 11.6. The van der Waals surface area contributed by atoms with Crippen LogP contribution in [0.3, 0.4) is 0 Å². The summed E-state index contributed by atoms with van der Waals surface area (Å²) in [5, 5.41) is 13.6. The van der Waals surface area contributed by atoms with Crippen LogP contribution in [0.5, 0.6) is 5.75 Å². The van der Waals surface area contributed by atoms with Gasteiger partial charge < -0.3 is 43.7 Å². The van der Waals surface area contributed by atoms with E-state index in [2.05, 4.69) is 53.5 Å². The van der Waals surface area contributed by atoms with Crippen LogP contribution in [-0.2, 0) is 42.5 Å². The van der Waals surface area contributed by atoms with Gasteiger partial charge in [0.25, 0.3) is 0 Å². The van der Waals surface area contributed by atoms with E-state index in [9.17, 15) is 5.11 Å². The summed E-state index contributed by atoms with van der Waals surface area (Å²) in [7, 11) is 3.45. The Labute approximate surface area is 251 Å². The van der Waals surface area contributed by atoms with Gasteiger partial charge in [-0.05, 0) is 55.1 Å². The maximum absolute atomic E-state index is 10.1. The maximum atomic E-state index is 10.1. The van der Waals surface area contributed by atoms with E-state index < -0.39 is 11.7 Å². The van der Waals surface area contributed by atoms with Crippen molar-refractivity contribution in [2.24, 2.45) is 5.92 Å². The summed E-state index contributed by atoms with van der Waals surface area (Å²) in [4.78, 5) is 2.36. The number of aliphatic hydroxyl groups is 1. The Kier molecular flexibility index (Phi) is 12.9. The molecule has 9 nitrogen and oxygen atoms in total. The van der Waals surface area contributed by atoms with E-state index in [-0.39, 0.29) is 12.7 Å². The fraction of sp³-hybridized carbons (Fsp3) is 0.636. The molecule has 0 saturated carbocycles. The molecule has 0 bridgehead atoms. The van der Waals surface area contributed by atoms with Crippen molar-refractivity contribution in [3.05, 3.63) is 59.2 Å². The Morgan fingerprint density at radius 2 is 1.83 bits per heavy atom. The van der Waals surface area contributed by atoms with Gasteiger partial charge in [0.05, 0.1) is 51.4 Å². The molecular weight excluding hydrogens is 536 g/mol. The van der Waals surface area contributed by atoms with Gasteiger partial charge in [0, 0.05) is 39.8 Å². The second-order valence-electron chi connectivity index (χ2n) is 11.6. The monoisotopic (exact) mass is 586 g/mol. The van der Waals surface area contributed by atoms with Crippen molar-refractivity contribution < 1.29 is 33.5 Å². The van der Waals surface area contributed by atoms with Crippen LogP contribution in [0.4, 0.5) is 5.69 Å². The van der Waals surface area contributed by atoms with Crippen LogP contribution in [0.1, 0.15) is 43.4 Å². The SMILES string of the molecule is COCCCN1CCOc2ccc(CO[C@H]3CNCC[C@]3(OC[C@H](C)O)c3ccc(COC[C@@H](C)COC)cc3)cc21. The van der Waals surface area contributed by atoms with Crippen LogP contribution in [0, 0.1) is 5.92 Å². The van der Waals surface area contributed by atoms with Crippen molar-refractivity contribution in [1.29, 1.82) is 0 Å². The van der Waals surface area contributed by atoms with Crippen LogP contribution in [0.25, 0.3) is 0 Å². The number of nitrogens with one attached hydrogen (secondary N) is 1. The van der Waals surface area contributed by atoms with E-state index in [0.717, 1.165) is 67.2 Å².